The molecule has 1 aliphatic carbocycles. The summed E-state index contributed by atoms with van der Waals surface area (Å²) >= 11 is 0. The summed E-state index contributed by atoms with van der Waals surface area (Å²) in [4.78, 5) is 18.3. The molecular formula is C18H21N7O2. The first-order valence-electron chi connectivity index (χ1n) is 9.23. The molecule has 9 heteroatoms. The Kier molecular flexibility index (Phi) is 3.40. The SMILES string of the molecule is C[C@@]1(C(=O)O)CCCN1c1nc(Nc2cc(C3CC3)[nH]n2)c2cccn2n1. The largest absolute Gasteiger partial charge is 0.480 e. The van der Waals surface area contributed by atoms with Crippen LogP contribution < -0.4 is 10.2 Å². The van der Waals surface area contributed by atoms with Gasteiger partial charge in [0.15, 0.2) is 11.6 Å². The van der Waals surface area contributed by atoms with Crippen molar-refractivity contribution < 1.29 is 9.90 Å². The van der Waals surface area contributed by atoms with Gasteiger partial charge in [-0.2, -0.15) is 10.1 Å². The average molecular weight is 367 g/mol. The van der Waals surface area contributed by atoms with Crippen molar-refractivity contribution in [3.63, 3.8) is 0 Å². The molecule has 0 radical (unpaired) electrons. The van der Waals surface area contributed by atoms with E-state index in [2.05, 4.69) is 25.6 Å². The van der Waals surface area contributed by atoms with E-state index in [1.807, 2.05) is 24.4 Å². The Morgan fingerprint density at radius 3 is 3.07 bits per heavy atom. The van der Waals surface area contributed by atoms with Crippen molar-refractivity contribution in [1.29, 1.82) is 0 Å². The topological polar surface area (TPSA) is 111 Å². The molecule has 0 unspecified atom stereocenters. The van der Waals surface area contributed by atoms with Crippen molar-refractivity contribution in [3.8, 4) is 0 Å². The number of aliphatic carboxylic acids is 1. The maximum absolute atomic E-state index is 11.8. The zero-order valence-corrected chi connectivity index (χ0v) is 15.0. The van der Waals surface area contributed by atoms with E-state index in [1.165, 1.54) is 12.8 Å². The molecule has 2 fully saturated rings. The molecule has 1 aliphatic heterocycles. The zero-order valence-electron chi connectivity index (χ0n) is 15.0. The third-order valence-corrected chi connectivity index (χ3v) is 5.58. The van der Waals surface area contributed by atoms with Gasteiger partial charge < -0.3 is 15.3 Å². The summed E-state index contributed by atoms with van der Waals surface area (Å²) in [6, 6.07) is 5.82. The van der Waals surface area contributed by atoms with Crippen LogP contribution in [0, 0.1) is 0 Å². The molecule has 0 bridgehead atoms. The van der Waals surface area contributed by atoms with Crippen LogP contribution in [-0.2, 0) is 4.79 Å². The predicted octanol–water partition coefficient (Wildman–Crippen LogP) is 2.52. The second-order valence-corrected chi connectivity index (χ2v) is 7.54. The fourth-order valence-corrected chi connectivity index (χ4v) is 3.76. The summed E-state index contributed by atoms with van der Waals surface area (Å²) in [5.74, 6) is 1.45. The summed E-state index contributed by atoms with van der Waals surface area (Å²) in [5, 5.41) is 24.9. The number of rotatable bonds is 5. The number of nitrogens with zero attached hydrogens (tertiary/aromatic N) is 5. The molecule has 4 heterocycles. The Bertz CT molecular complexity index is 1020. The second-order valence-electron chi connectivity index (χ2n) is 7.54. The van der Waals surface area contributed by atoms with Crippen molar-refractivity contribution in [2.75, 3.05) is 16.8 Å². The van der Waals surface area contributed by atoms with E-state index in [-0.39, 0.29) is 0 Å². The number of aromatic nitrogens is 5. The molecule has 0 aromatic carbocycles. The van der Waals surface area contributed by atoms with E-state index in [1.54, 1.807) is 16.3 Å². The monoisotopic (exact) mass is 367 g/mol. The Morgan fingerprint density at radius 1 is 1.44 bits per heavy atom. The molecule has 2 aliphatic rings. The van der Waals surface area contributed by atoms with E-state index in [9.17, 15) is 9.90 Å². The van der Waals surface area contributed by atoms with Gasteiger partial charge in [0.25, 0.3) is 0 Å². The van der Waals surface area contributed by atoms with Crippen LogP contribution in [0.1, 0.15) is 44.2 Å². The first kappa shape index (κ1) is 16.1. The quantitative estimate of drug-likeness (QED) is 0.635. The normalized spacial score (nSPS) is 22.5. The van der Waals surface area contributed by atoms with Crippen molar-refractivity contribution in [2.24, 2.45) is 0 Å². The molecule has 5 rings (SSSR count). The number of nitrogens with one attached hydrogen (secondary N) is 2. The highest BCUT2D eigenvalue weighted by Gasteiger charge is 2.45. The molecule has 3 aromatic heterocycles. The standard InChI is InChI=1S/C18H21N7O2/c1-18(16(26)27)7-3-8-24(18)17-20-15(13-4-2-9-25(13)23-17)19-14-10-12(21-22-14)11-5-6-11/h2,4,9-11H,3,5-8H2,1H3,(H,26,27)(H2,19,20,21,22,23)/t18-/m0/s1. The minimum absolute atomic E-state index is 0.404. The molecule has 0 amide bonds. The lowest BCUT2D eigenvalue weighted by atomic mass is 10.00. The smallest absolute Gasteiger partial charge is 0.329 e. The van der Waals surface area contributed by atoms with Crippen LogP contribution in [0.2, 0.25) is 0 Å². The van der Waals surface area contributed by atoms with Gasteiger partial charge in [-0.1, -0.05) is 0 Å². The van der Waals surface area contributed by atoms with Crippen LogP contribution in [0.3, 0.4) is 0 Å². The number of hydrogen-bond acceptors (Lipinski definition) is 6. The Morgan fingerprint density at radius 2 is 2.30 bits per heavy atom. The summed E-state index contributed by atoms with van der Waals surface area (Å²) in [6.07, 6.45) is 5.60. The van der Waals surface area contributed by atoms with Gasteiger partial charge in [-0.05, 0) is 44.7 Å². The number of hydrogen-bond donors (Lipinski definition) is 3. The molecule has 1 saturated heterocycles. The van der Waals surface area contributed by atoms with Crippen molar-refractivity contribution in [3.05, 3.63) is 30.1 Å². The van der Waals surface area contributed by atoms with Crippen LogP contribution in [0.25, 0.3) is 5.52 Å². The Hall–Kier alpha value is -3.10. The fourth-order valence-electron chi connectivity index (χ4n) is 3.76. The molecule has 27 heavy (non-hydrogen) atoms. The summed E-state index contributed by atoms with van der Waals surface area (Å²) in [6.45, 7) is 2.34. The van der Waals surface area contributed by atoms with E-state index in [4.69, 9.17) is 0 Å². The van der Waals surface area contributed by atoms with Gasteiger partial charge in [-0.25, -0.2) is 9.31 Å². The van der Waals surface area contributed by atoms with Gasteiger partial charge in [0.05, 0.1) is 0 Å². The molecular weight excluding hydrogens is 346 g/mol. The van der Waals surface area contributed by atoms with E-state index < -0.39 is 11.5 Å². The number of H-pyrrole nitrogens is 1. The highest BCUT2D eigenvalue weighted by atomic mass is 16.4. The van der Waals surface area contributed by atoms with Crippen LogP contribution >= 0.6 is 0 Å². The maximum Gasteiger partial charge on any atom is 0.329 e. The molecule has 3 N–H and O–H groups in total. The summed E-state index contributed by atoms with van der Waals surface area (Å²) < 4.78 is 1.72. The first-order valence-corrected chi connectivity index (χ1v) is 9.23. The number of fused-ring (bicyclic) bond motifs is 1. The van der Waals surface area contributed by atoms with Crippen molar-refractivity contribution in [1.82, 2.24) is 24.8 Å². The lowest BCUT2D eigenvalue weighted by Crippen LogP contribution is -2.49. The number of carboxylic acids is 1. The Labute approximate surface area is 155 Å². The lowest BCUT2D eigenvalue weighted by molar-refractivity contribution is -0.142. The number of carboxylic acid groups (broad SMARTS) is 1. The molecule has 3 aromatic rings. The minimum atomic E-state index is -0.996. The fraction of sp³-hybridized carbons (Fsp3) is 0.444. The molecule has 1 saturated carbocycles. The van der Waals surface area contributed by atoms with E-state index >= 15 is 0 Å². The highest BCUT2D eigenvalue weighted by molar-refractivity contribution is 5.83. The number of aromatic amines is 1. The van der Waals surface area contributed by atoms with Crippen LogP contribution in [-0.4, -0.2) is 48.0 Å². The third-order valence-electron chi connectivity index (χ3n) is 5.58. The Balaban J connectivity index is 1.53. The zero-order chi connectivity index (χ0) is 18.6. The van der Waals surface area contributed by atoms with Gasteiger partial charge in [-0.3, -0.25) is 5.10 Å². The van der Waals surface area contributed by atoms with E-state index in [0.717, 1.165) is 17.6 Å². The number of anilines is 3. The van der Waals surface area contributed by atoms with Crippen LogP contribution in [0.5, 0.6) is 0 Å². The molecule has 9 nitrogen and oxygen atoms in total. The van der Waals surface area contributed by atoms with Gasteiger partial charge in [-0.15, -0.1) is 5.10 Å². The van der Waals surface area contributed by atoms with Gasteiger partial charge >= 0.3 is 5.97 Å². The predicted molar refractivity (Wildman–Crippen MR) is 99.5 cm³/mol. The van der Waals surface area contributed by atoms with Crippen molar-refractivity contribution in [2.45, 2.75) is 44.1 Å². The third kappa shape index (κ3) is 2.61. The molecule has 0 spiro atoms. The first-order chi connectivity index (χ1) is 13.0. The summed E-state index contributed by atoms with van der Waals surface area (Å²) in [5.41, 5.74) is 0.950. The lowest BCUT2D eigenvalue weighted by Gasteiger charge is -2.31. The van der Waals surface area contributed by atoms with Crippen LogP contribution in [0.15, 0.2) is 24.4 Å². The van der Waals surface area contributed by atoms with Crippen LogP contribution in [0.4, 0.5) is 17.6 Å². The van der Waals surface area contributed by atoms with E-state index in [0.29, 0.717) is 36.5 Å². The minimum Gasteiger partial charge on any atom is -0.480 e. The average Bonchev–Trinajstić information content (AvgIpc) is 3.05. The van der Waals surface area contributed by atoms with Gasteiger partial charge in [0, 0.05) is 30.4 Å². The second kappa shape index (κ2) is 5.70. The highest BCUT2D eigenvalue weighted by Crippen LogP contribution is 2.40. The molecule has 140 valence electrons. The molecule has 1 atom stereocenters. The maximum atomic E-state index is 11.8. The van der Waals surface area contributed by atoms with Crippen molar-refractivity contribution >= 4 is 29.1 Å². The van der Waals surface area contributed by atoms with Gasteiger partial charge in [0.1, 0.15) is 11.1 Å². The summed E-state index contributed by atoms with van der Waals surface area (Å²) in [7, 11) is 0. The van der Waals surface area contributed by atoms with Gasteiger partial charge in [0.2, 0.25) is 5.95 Å². The number of carbonyl (C=O) groups is 1.